The minimum absolute atomic E-state index is 0.0335. The molecule has 0 aliphatic heterocycles. The Morgan fingerprint density at radius 1 is 1.29 bits per heavy atom. The molecule has 0 aliphatic carbocycles. The number of benzene rings is 1. The number of halogens is 4. The summed E-state index contributed by atoms with van der Waals surface area (Å²) in [5.74, 6) is -1.55. The summed E-state index contributed by atoms with van der Waals surface area (Å²) in [6.45, 7) is 2.90. The van der Waals surface area contributed by atoms with Crippen molar-refractivity contribution in [1.82, 2.24) is 5.32 Å². The van der Waals surface area contributed by atoms with Crippen LogP contribution in [0.25, 0.3) is 0 Å². The second-order valence-electron chi connectivity index (χ2n) is 4.69. The van der Waals surface area contributed by atoms with Gasteiger partial charge >= 0.3 is 0 Å². The summed E-state index contributed by atoms with van der Waals surface area (Å²) >= 11 is 8.53. The fourth-order valence-electron chi connectivity index (χ4n) is 2.05. The van der Waals surface area contributed by atoms with Gasteiger partial charge in [-0.05, 0) is 68.9 Å². The van der Waals surface area contributed by atoms with Crippen LogP contribution in [0.3, 0.4) is 0 Å². The first-order valence-electron chi connectivity index (χ1n) is 6.64. The summed E-state index contributed by atoms with van der Waals surface area (Å²) < 4.78 is 29.2. The molecule has 1 atom stereocenters. The number of hydrogen-bond donors (Lipinski definition) is 1. The summed E-state index contributed by atoms with van der Waals surface area (Å²) in [4.78, 5) is 1.09. The predicted molar refractivity (Wildman–Crippen MR) is 90.8 cm³/mol. The topological polar surface area (TPSA) is 12.0 Å². The molecule has 0 spiro atoms. The fraction of sp³-hybridized carbons (Fsp3) is 0.333. The molecule has 0 amide bonds. The normalized spacial score (nSPS) is 12.6. The molecule has 0 radical (unpaired) electrons. The number of thiophene rings is 1. The van der Waals surface area contributed by atoms with Crippen molar-refractivity contribution in [2.45, 2.75) is 25.8 Å². The molecule has 0 saturated carbocycles. The first-order chi connectivity index (χ1) is 10.0. The molecule has 0 aliphatic rings. The van der Waals surface area contributed by atoms with Gasteiger partial charge in [-0.25, -0.2) is 8.78 Å². The third-order valence-corrected chi connectivity index (χ3v) is 6.47. The average Bonchev–Trinajstić information content (AvgIpc) is 2.79. The molecule has 0 fully saturated rings. The van der Waals surface area contributed by atoms with Crippen molar-refractivity contribution in [1.29, 1.82) is 0 Å². The van der Waals surface area contributed by atoms with Gasteiger partial charge in [0, 0.05) is 15.4 Å². The Hall–Kier alpha value is -0.300. The zero-order valence-electron chi connectivity index (χ0n) is 11.4. The Bertz CT molecular complexity index is 596. The van der Waals surface area contributed by atoms with E-state index in [4.69, 9.17) is 0 Å². The van der Waals surface area contributed by atoms with E-state index < -0.39 is 11.6 Å². The van der Waals surface area contributed by atoms with Gasteiger partial charge in [0.25, 0.3) is 0 Å². The van der Waals surface area contributed by atoms with E-state index in [2.05, 4.69) is 44.1 Å². The van der Waals surface area contributed by atoms with E-state index in [0.29, 0.717) is 12.0 Å². The zero-order valence-corrected chi connectivity index (χ0v) is 15.4. The molecular formula is C15H15Br2F2NS. The average molecular weight is 439 g/mol. The third-order valence-electron chi connectivity index (χ3n) is 3.10. The van der Waals surface area contributed by atoms with Gasteiger partial charge in [-0.1, -0.05) is 19.1 Å². The monoisotopic (exact) mass is 437 g/mol. The highest BCUT2D eigenvalue weighted by Crippen LogP contribution is 2.36. The van der Waals surface area contributed by atoms with Gasteiger partial charge in [0.2, 0.25) is 0 Å². The SMILES string of the molecule is CCCNC(Cc1cccc(F)c1F)c1cc(Br)c(Br)s1. The lowest BCUT2D eigenvalue weighted by Gasteiger charge is -2.17. The van der Waals surface area contributed by atoms with Crippen LogP contribution in [0, 0.1) is 11.6 Å². The predicted octanol–water partition coefficient (Wildman–Crippen LogP) is 5.83. The van der Waals surface area contributed by atoms with Crippen molar-refractivity contribution < 1.29 is 8.78 Å². The smallest absolute Gasteiger partial charge is 0.162 e. The van der Waals surface area contributed by atoms with Gasteiger partial charge in [0.15, 0.2) is 11.6 Å². The highest BCUT2D eigenvalue weighted by molar-refractivity contribution is 9.13. The van der Waals surface area contributed by atoms with E-state index in [9.17, 15) is 8.78 Å². The molecule has 114 valence electrons. The van der Waals surface area contributed by atoms with Crippen molar-refractivity contribution in [2.24, 2.45) is 0 Å². The van der Waals surface area contributed by atoms with Gasteiger partial charge in [-0.2, -0.15) is 0 Å². The summed E-state index contributed by atoms with van der Waals surface area (Å²) in [5.41, 5.74) is 0.393. The van der Waals surface area contributed by atoms with Crippen molar-refractivity contribution >= 4 is 43.2 Å². The van der Waals surface area contributed by atoms with Crippen molar-refractivity contribution in [2.75, 3.05) is 6.54 Å². The van der Waals surface area contributed by atoms with Gasteiger partial charge in [-0.3, -0.25) is 0 Å². The van der Waals surface area contributed by atoms with Crippen LogP contribution in [-0.2, 0) is 6.42 Å². The van der Waals surface area contributed by atoms with E-state index in [1.165, 1.54) is 0 Å². The van der Waals surface area contributed by atoms with Crippen molar-refractivity contribution in [3.05, 3.63) is 54.6 Å². The maximum Gasteiger partial charge on any atom is 0.162 e. The largest absolute Gasteiger partial charge is 0.309 e. The highest BCUT2D eigenvalue weighted by atomic mass is 79.9. The summed E-state index contributed by atoms with van der Waals surface area (Å²) in [5, 5.41) is 3.40. The van der Waals surface area contributed by atoms with Crippen molar-refractivity contribution in [3.63, 3.8) is 0 Å². The van der Waals surface area contributed by atoms with Gasteiger partial charge < -0.3 is 5.32 Å². The second-order valence-corrected chi connectivity index (χ2v) is 7.95. The van der Waals surface area contributed by atoms with E-state index in [1.807, 2.05) is 6.07 Å². The van der Waals surface area contributed by atoms with Crippen LogP contribution in [0.15, 0.2) is 32.5 Å². The molecule has 1 aromatic carbocycles. The lowest BCUT2D eigenvalue weighted by molar-refractivity contribution is 0.479. The Balaban J connectivity index is 2.26. The van der Waals surface area contributed by atoms with Crippen molar-refractivity contribution in [3.8, 4) is 0 Å². The standard InChI is InChI=1S/C15H15Br2F2NS/c1-2-6-20-12(13-8-10(16)15(17)21-13)7-9-4-3-5-11(18)14(9)19/h3-5,8,12,20H,2,6-7H2,1H3. The van der Waals surface area contributed by atoms with Crippen LogP contribution in [0.2, 0.25) is 0 Å². The zero-order chi connectivity index (χ0) is 15.4. The third kappa shape index (κ3) is 4.34. The van der Waals surface area contributed by atoms with E-state index >= 15 is 0 Å². The van der Waals surface area contributed by atoms with Crippen LogP contribution in [0.4, 0.5) is 8.78 Å². The Labute approximate surface area is 144 Å². The first kappa shape index (κ1) is 17.1. The van der Waals surface area contributed by atoms with Gasteiger partial charge in [-0.15, -0.1) is 11.3 Å². The minimum atomic E-state index is -0.796. The van der Waals surface area contributed by atoms with Gasteiger partial charge in [0.1, 0.15) is 0 Å². The molecule has 1 heterocycles. The Morgan fingerprint density at radius 2 is 2.05 bits per heavy atom. The maximum absolute atomic E-state index is 13.9. The molecule has 1 unspecified atom stereocenters. The molecule has 6 heteroatoms. The summed E-state index contributed by atoms with van der Waals surface area (Å²) in [6, 6.07) is 6.31. The minimum Gasteiger partial charge on any atom is -0.309 e. The molecule has 1 aromatic heterocycles. The number of hydrogen-bond acceptors (Lipinski definition) is 2. The number of rotatable bonds is 6. The van der Waals surface area contributed by atoms with E-state index in [-0.39, 0.29) is 6.04 Å². The molecule has 0 bridgehead atoms. The molecule has 0 saturated heterocycles. The molecule has 2 rings (SSSR count). The number of nitrogens with one attached hydrogen (secondary N) is 1. The Kier molecular flexibility index (Phi) is 6.34. The van der Waals surface area contributed by atoms with Crippen LogP contribution in [0.5, 0.6) is 0 Å². The quantitative estimate of drug-likeness (QED) is 0.597. The molecule has 1 nitrogen and oxygen atoms in total. The van der Waals surface area contributed by atoms with E-state index in [1.54, 1.807) is 23.5 Å². The summed E-state index contributed by atoms with van der Waals surface area (Å²) in [7, 11) is 0. The van der Waals surface area contributed by atoms with E-state index in [0.717, 1.165) is 32.2 Å². The lowest BCUT2D eigenvalue weighted by atomic mass is 10.0. The first-order valence-corrected chi connectivity index (χ1v) is 9.04. The highest BCUT2D eigenvalue weighted by Gasteiger charge is 2.18. The second kappa shape index (κ2) is 7.81. The van der Waals surface area contributed by atoms with Gasteiger partial charge in [0.05, 0.1) is 3.79 Å². The molecule has 21 heavy (non-hydrogen) atoms. The Morgan fingerprint density at radius 3 is 2.67 bits per heavy atom. The fourth-order valence-corrected chi connectivity index (χ4v) is 4.22. The lowest BCUT2D eigenvalue weighted by Crippen LogP contribution is -2.23. The van der Waals surface area contributed by atoms with Crippen LogP contribution >= 0.6 is 43.2 Å². The molecule has 1 N–H and O–H groups in total. The van der Waals surface area contributed by atoms with Crippen LogP contribution in [-0.4, -0.2) is 6.54 Å². The summed E-state index contributed by atoms with van der Waals surface area (Å²) in [6.07, 6.45) is 1.40. The van der Waals surface area contributed by atoms with Crippen LogP contribution in [0.1, 0.15) is 29.8 Å². The molecular weight excluding hydrogens is 424 g/mol. The van der Waals surface area contributed by atoms with Crippen LogP contribution < -0.4 is 5.32 Å². The maximum atomic E-state index is 13.9. The molecule has 2 aromatic rings.